The van der Waals surface area contributed by atoms with Crippen molar-refractivity contribution >= 4 is 0 Å². The lowest BCUT2D eigenvalue weighted by atomic mass is 10.5. The van der Waals surface area contributed by atoms with Gasteiger partial charge in [-0.25, -0.2) is 4.98 Å². The normalized spacial score (nSPS) is 9.12. The molecule has 0 unspecified atom stereocenters. The van der Waals surface area contributed by atoms with E-state index in [1.165, 1.54) is 6.20 Å². The minimum absolute atomic E-state index is 0.121. The second-order valence-electron chi connectivity index (χ2n) is 1.22. The number of hydrogen-bond acceptors (Lipinski definition) is 3. The maximum atomic E-state index is 8.38. The maximum Gasteiger partial charge on any atom is 0.115 e. The van der Waals surface area contributed by atoms with Crippen LogP contribution in [0.3, 0.4) is 0 Å². The Morgan fingerprint density at radius 2 is 2.62 bits per heavy atom. The van der Waals surface area contributed by atoms with Crippen molar-refractivity contribution in [1.29, 1.82) is 0 Å². The molecule has 1 aromatic heterocycles. The SMILES string of the molecule is OCc1[c]nc[c]n1. The molecule has 1 aromatic rings. The monoisotopic (exact) mass is 108 g/mol. The summed E-state index contributed by atoms with van der Waals surface area (Å²) < 4.78 is 0. The third kappa shape index (κ3) is 1.01. The van der Waals surface area contributed by atoms with Gasteiger partial charge in [-0.3, -0.25) is 4.98 Å². The first-order chi connectivity index (χ1) is 3.93. The molecule has 0 amide bonds. The molecule has 0 atom stereocenters. The Hall–Kier alpha value is -0.960. The van der Waals surface area contributed by atoms with Crippen LogP contribution in [0.1, 0.15) is 5.69 Å². The molecule has 1 rings (SSSR count). The number of aliphatic hydroxyl groups excluding tert-OH is 1. The highest BCUT2D eigenvalue weighted by Crippen LogP contribution is 1.83. The Morgan fingerprint density at radius 3 is 3.00 bits per heavy atom. The largest absolute Gasteiger partial charge is 0.390 e. The van der Waals surface area contributed by atoms with E-state index >= 15 is 0 Å². The molecule has 0 fully saturated rings. The molecule has 8 heavy (non-hydrogen) atoms. The van der Waals surface area contributed by atoms with Gasteiger partial charge in [0, 0.05) is 0 Å². The maximum absolute atomic E-state index is 8.38. The minimum atomic E-state index is -0.121. The molecule has 0 aliphatic rings. The zero-order valence-electron chi connectivity index (χ0n) is 4.13. The molecule has 0 saturated carbocycles. The number of aliphatic hydroxyl groups is 1. The van der Waals surface area contributed by atoms with Crippen molar-refractivity contribution in [3.05, 3.63) is 24.3 Å². The van der Waals surface area contributed by atoms with Crippen LogP contribution in [0, 0.1) is 12.4 Å². The molecular formula is C5H4N2O. The van der Waals surface area contributed by atoms with Gasteiger partial charge in [-0.05, 0) is 0 Å². The second-order valence-corrected chi connectivity index (χ2v) is 1.22. The van der Waals surface area contributed by atoms with Crippen LogP contribution in [0.2, 0.25) is 0 Å². The van der Waals surface area contributed by atoms with Gasteiger partial charge in [-0.15, -0.1) is 0 Å². The molecular weight excluding hydrogens is 104 g/mol. The van der Waals surface area contributed by atoms with E-state index in [2.05, 4.69) is 22.4 Å². The number of rotatable bonds is 1. The Labute approximate surface area is 47.0 Å². The summed E-state index contributed by atoms with van der Waals surface area (Å²) in [5.41, 5.74) is 0.424. The van der Waals surface area contributed by atoms with E-state index in [0.717, 1.165) is 0 Å². The summed E-state index contributed by atoms with van der Waals surface area (Å²) in [4.78, 5) is 7.16. The lowest BCUT2D eigenvalue weighted by molar-refractivity contribution is 0.276. The molecule has 1 N–H and O–H groups in total. The highest BCUT2D eigenvalue weighted by Gasteiger charge is 1.86. The fraction of sp³-hybridized carbons (Fsp3) is 0.200. The Morgan fingerprint density at radius 1 is 1.75 bits per heavy atom. The van der Waals surface area contributed by atoms with Crippen LogP contribution in [-0.2, 0) is 6.61 Å². The number of nitrogens with zero attached hydrogens (tertiary/aromatic N) is 2. The van der Waals surface area contributed by atoms with E-state index < -0.39 is 0 Å². The molecule has 3 nitrogen and oxygen atoms in total. The molecule has 1 heterocycles. The molecule has 0 spiro atoms. The first kappa shape index (κ1) is 5.18. The van der Waals surface area contributed by atoms with Crippen LogP contribution in [0.15, 0.2) is 6.20 Å². The summed E-state index contributed by atoms with van der Waals surface area (Å²) in [6.45, 7) is -0.121. The van der Waals surface area contributed by atoms with Crippen LogP contribution < -0.4 is 0 Å². The fourth-order valence-electron chi connectivity index (χ4n) is 0.338. The van der Waals surface area contributed by atoms with Crippen LogP contribution >= 0.6 is 0 Å². The van der Waals surface area contributed by atoms with E-state index in [1.807, 2.05) is 0 Å². The van der Waals surface area contributed by atoms with Crippen LogP contribution in [-0.4, -0.2) is 15.1 Å². The van der Waals surface area contributed by atoms with Crippen molar-refractivity contribution in [2.75, 3.05) is 0 Å². The third-order valence-electron chi connectivity index (χ3n) is 0.665. The first-order valence-corrected chi connectivity index (χ1v) is 2.14. The summed E-state index contributed by atoms with van der Waals surface area (Å²) >= 11 is 0. The quantitative estimate of drug-likeness (QED) is 0.531. The van der Waals surface area contributed by atoms with E-state index in [0.29, 0.717) is 5.69 Å². The van der Waals surface area contributed by atoms with Gasteiger partial charge < -0.3 is 5.11 Å². The smallest absolute Gasteiger partial charge is 0.115 e. The highest BCUT2D eigenvalue weighted by molar-refractivity contribution is 4.88. The zero-order chi connectivity index (χ0) is 5.82. The van der Waals surface area contributed by atoms with Gasteiger partial charge in [-0.2, -0.15) is 0 Å². The topological polar surface area (TPSA) is 46.0 Å². The molecule has 2 radical (unpaired) electrons. The predicted molar refractivity (Wildman–Crippen MR) is 25.6 cm³/mol. The van der Waals surface area contributed by atoms with Crippen molar-refractivity contribution in [2.24, 2.45) is 0 Å². The highest BCUT2D eigenvalue weighted by atomic mass is 16.3. The van der Waals surface area contributed by atoms with Crippen molar-refractivity contribution in [3.8, 4) is 0 Å². The van der Waals surface area contributed by atoms with Gasteiger partial charge in [0.1, 0.15) is 12.4 Å². The van der Waals surface area contributed by atoms with Crippen LogP contribution in [0.25, 0.3) is 0 Å². The van der Waals surface area contributed by atoms with Gasteiger partial charge >= 0.3 is 0 Å². The van der Waals surface area contributed by atoms with Crippen molar-refractivity contribution in [2.45, 2.75) is 6.61 Å². The summed E-state index contributed by atoms with van der Waals surface area (Å²) in [6, 6.07) is 0. The number of aromatic nitrogens is 2. The first-order valence-electron chi connectivity index (χ1n) is 2.14. The summed E-state index contributed by atoms with van der Waals surface area (Å²) in [6.07, 6.45) is 6.32. The Bertz CT molecular complexity index is 152. The van der Waals surface area contributed by atoms with Gasteiger partial charge in [0.25, 0.3) is 0 Å². The van der Waals surface area contributed by atoms with E-state index in [4.69, 9.17) is 5.11 Å². The summed E-state index contributed by atoms with van der Waals surface area (Å²) in [5, 5.41) is 8.38. The van der Waals surface area contributed by atoms with Crippen LogP contribution in [0.5, 0.6) is 0 Å². The molecule has 0 saturated heterocycles. The van der Waals surface area contributed by atoms with E-state index in [1.54, 1.807) is 0 Å². The summed E-state index contributed by atoms with van der Waals surface area (Å²) in [5.74, 6) is 0. The Kier molecular flexibility index (Phi) is 1.54. The predicted octanol–water partition coefficient (Wildman–Crippen LogP) is -0.431. The van der Waals surface area contributed by atoms with Gasteiger partial charge in [0.2, 0.25) is 0 Å². The third-order valence-corrected chi connectivity index (χ3v) is 0.665. The molecule has 0 aliphatic heterocycles. The van der Waals surface area contributed by atoms with Crippen molar-refractivity contribution in [3.63, 3.8) is 0 Å². The molecule has 0 aliphatic carbocycles. The van der Waals surface area contributed by atoms with Gasteiger partial charge in [-0.1, -0.05) is 0 Å². The molecule has 0 aromatic carbocycles. The molecule has 40 valence electrons. The summed E-state index contributed by atoms with van der Waals surface area (Å²) in [7, 11) is 0. The number of hydrogen-bond donors (Lipinski definition) is 1. The van der Waals surface area contributed by atoms with E-state index in [9.17, 15) is 0 Å². The fourth-order valence-corrected chi connectivity index (χ4v) is 0.338. The lowest BCUT2D eigenvalue weighted by Crippen LogP contribution is -1.88. The van der Waals surface area contributed by atoms with Crippen molar-refractivity contribution < 1.29 is 5.11 Å². The van der Waals surface area contributed by atoms with Crippen LogP contribution in [0.4, 0.5) is 0 Å². The van der Waals surface area contributed by atoms with Gasteiger partial charge in [0.05, 0.1) is 18.5 Å². The average molecular weight is 108 g/mol. The average Bonchev–Trinajstić information content (AvgIpc) is 1.90. The minimum Gasteiger partial charge on any atom is -0.390 e. The Balaban J connectivity index is 2.83. The van der Waals surface area contributed by atoms with Gasteiger partial charge in [0.15, 0.2) is 0 Å². The standard InChI is InChI=1S/C5H4N2O/c8-4-5-3-6-1-2-7-5/h1,8H,4H2. The van der Waals surface area contributed by atoms with E-state index in [-0.39, 0.29) is 6.61 Å². The molecule has 3 heteroatoms. The second kappa shape index (κ2) is 2.37. The lowest BCUT2D eigenvalue weighted by Gasteiger charge is -1.85. The molecule has 0 bridgehead atoms. The zero-order valence-corrected chi connectivity index (χ0v) is 4.13. The van der Waals surface area contributed by atoms with Crippen molar-refractivity contribution in [1.82, 2.24) is 9.97 Å².